The first-order chi connectivity index (χ1) is 11.6. The number of nitrogens with two attached hydrogens (primary N) is 1. The van der Waals surface area contributed by atoms with Crippen LogP contribution in [0.1, 0.15) is 11.3 Å². The molecule has 2 heterocycles. The summed E-state index contributed by atoms with van der Waals surface area (Å²) in [6.45, 7) is 0. The Bertz CT molecular complexity index is 834. The molecule has 0 radical (unpaired) electrons. The molecule has 0 atom stereocenters. The molecule has 122 valence electrons. The minimum absolute atomic E-state index is 0.130. The maximum absolute atomic E-state index is 11.1. The Kier molecular flexibility index (Phi) is 4.37. The van der Waals surface area contributed by atoms with E-state index in [-0.39, 0.29) is 11.7 Å². The van der Waals surface area contributed by atoms with Crippen LogP contribution in [0.25, 0.3) is 5.95 Å². The highest BCUT2D eigenvalue weighted by Crippen LogP contribution is 2.29. The first-order valence-corrected chi connectivity index (χ1v) is 7.24. The number of carbonyl (C=O) groups is 1. The lowest BCUT2D eigenvalue weighted by molar-refractivity contribution is 0.207. The van der Waals surface area contributed by atoms with Crippen molar-refractivity contribution in [3.63, 3.8) is 0 Å². The Labute approximate surface area is 137 Å². The van der Waals surface area contributed by atoms with E-state index in [1.807, 2.05) is 30.3 Å². The van der Waals surface area contributed by atoms with Crippen LogP contribution in [-0.4, -0.2) is 30.9 Å². The van der Waals surface area contributed by atoms with Gasteiger partial charge in [-0.1, -0.05) is 30.3 Å². The molecule has 0 saturated carbocycles. The maximum atomic E-state index is 11.1. The largest absolute Gasteiger partial charge is 0.490 e. The van der Waals surface area contributed by atoms with E-state index in [1.165, 1.54) is 4.68 Å². The first-order valence-electron chi connectivity index (χ1n) is 7.24. The predicted molar refractivity (Wildman–Crippen MR) is 84.9 cm³/mol. The molecular weight excluding hydrogens is 310 g/mol. The molecule has 3 rings (SSSR count). The van der Waals surface area contributed by atoms with Crippen molar-refractivity contribution in [1.82, 2.24) is 19.7 Å². The first kappa shape index (κ1) is 15.5. The number of ether oxygens (including phenoxy) is 1. The second kappa shape index (κ2) is 6.78. The molecule has 0 aliphatic rings. The van der Waals surface area contributed by atoms with Gasteiger partial charge >= 0.3 is 6.09 Å². The van der Waals surface area contributed by atoms with Crippen molar-refractivity contribution in [2.24, 2.45) is 5.73 Å². The van der Waals surface area contributed by atoms with Gasteiger partial charge in [0.25, 0.3) is 11.8 Å². The SMILES string of the molecule is NC(=O)Oc1c(O)nc(-n2cccn2)nc1CCc1ccccc1. The number of hydrogen-bond donors (Lipinski definition) is 2. The van der Waals surface area contributed by atoms with Gasteiger partial charge in [0.1, 0.15) is 0 Å². The van der Waals surface area contributed by atoms with Crippen LogP contribution in [0.15, 0.2) is 48.8 Å². The minimum Gasteiger partial charge on any atom is -0.490 e. The third kappa shape index (κ3) is 3.49. The fourth-order valence-electron chi connectivity index (χ4n) is 2.24. The van der Waals surface area contributed by atoms with Gasteiger partial charge < -0.3 is 15.6 Å². The quantitative estimate of drug-likeness (QED) is 0.736. The summed E-state index contributed by atoms with van der Waals surface area (Å²) >= 11 is 0. The van der Waals surface area contributed by atoms with E-state index < -0.39 is 12.0 Å². The third-order valence-electron chi connectivity index (χ3n) is 3.31. The number of primary amides is 1. The highest BCUT2D eigenvalue weighted by atomic mass is 16.6. The fraction of sp³-hybridized carbons (Fsp3) is 0.125. The smallest absolute Gasteiger partial charge is 0.410 e. The molecule has 0 spiro atoms. The van der Waals surface area contributed by atoms with Crippen molar-refractivity contribution >= 4 is 6.09 Å². The van der Waals surface area contributed by atoms with Crippen molar-refractivity contribution in [1.29, 1.82) is 0 Å². The molecule has 3 aromatic rings. The fourth-order valence-corrected chi connectivity index (χ4v) is 2.24. The Morgan fingerprint density at radius 3 is 2.62 bits per heavy atom. The lowest BCUT2D eigenvalue weighted by atomic mass is 10.1. The highest BCUT2D eigenvalue weighted by Gasteiger charge is 2.18. The van der Waals surface area contributed by atoms with Crippen LogP contribution < -0.4 is 10.5 Å². The molecule has 0 unspecified atom stereocenters. The van der Waals surface area contributed by atoms with Crippen LogP contribution in [-0.2, 0) is 12.8 Å². The minimum atomic E-state index is -1.04. The van der Waals surface area contributed by atoms with Crippen LogP contribution in [0.5, 0.6) is 11.6 Å². The van der Waals surface area contributed by atoms with Crippen LogP contribution >= 0.6 is 0 Å². The van der Waals surface area contributed by atoms with Gasteiger partial charge in [-0.2, -0.15) is 10.1 Å². The van der Waals surface area contributed by atoms with Gasteiger partial charge in [0, 0.05) is 12.4 Å². The predicted octanol–water partition coefficient (Wildman–Crippen LogP) is 1.61. The Morgan fingerprint density at radius 2 is 1.96 bits per heavy atom. The molecule has 1 aromatic carbocycles. The molecule has 0 aliphatic carbocycles. The summed E-state index contributed by atoms with van der Waals surface area (Å²) in [5.41, 5.74) is 6.51. The number of benzene rings is 1. The lowest BCUT2D eigenvalue weighted by Gasteiger charge is -2.11. The standard InChI is InChI=1S/C16H15N5O3/c17-15(23)24-13-12(8-7-11-5-2-1-3-6-11)19-16(20-14(13)22)21-10-4-9-18-21/h1-6,9-10H,7-8H2,(H2,17,23)(H,19,20,22). The number of amides is 1. The number of aryl methyl sites for hydroxylation is 2. The lowest BCUT2D eigenvalue weighted by Crippen LogP contribution is -2.19. The summed E-state index contributed by atoms with van der Waals surface area (Å²) in [4.78, 5) is 19.3. The summed E-state index contributed by atoms with van der Waals surface area (Å²) in [6.07, 6.45) is 3.24. The second-order valence-electron chi connectivity index (χ2n) is 4.98. The molecule has 3 N–H and O–H groups in total. The van der Waals surface area contributed by atoms with Crippen molar-refractivity contribution in [3.8, 4) is 17.6 Å². The van der Waals surface area contributed by atoms with Crippen LogP contribution in [0.4, 0.5) is 4.79 Å². The normalized spacial score (nSPS) is 10.5. The molecule has 8 heteroatoms. The van der Waals surface area contributed by atoms with Crippen LogP contribution in [0, 0.1) is 0 Å². The molecular formula is C16H15N5O3. The molecule has 2 aromatic heterocycles. The zero-order chi connectivity index (χ0) is 16.9. The van der Waals surface area contributed by atoms with Crippen molar-refractivity contribution in [2.45, 2.75) is 12.8 Å². The molecule has 24 heavy (non-hydrogen) atoms. The average Bonchev–Trinajstić information content (AvgIpc) is 3.10. The van der Waals surface area contributed by atoms with E-state index >= 15 is 0 Å². The molecule has 0 saturated heterocycles. The number of hydrogen-bond acceptors (Lipinski definition) is 6. The van der Waals surface area contributed by atoms with Gasteiger partial charge in [0.05, 0.1) is 5.69 Å². The Balaban J connectivity index is 1.95. The third-order valence-corrected chi connectivity index (χ3v) is 3.31. The zero-order valence-electron chi connectivity index (χ0n) is 12.7. The van der Waals surface area contributed by atoms with Gasteiger partial charge in [0.2, 0.25) is 5.75 Å². The molecule has 1 amide bonds. The number of aromatic nitrogens is 4. The van der Waals surface area contributed by atoms with E-state index in [0.29, 0.717) is 18.5 Å². The second-order valence-corrected chi connectivity index (χ2v) is 4.98. The van der Waals surface area contributed by atoms with Gasteiger partial charge in [-0.05, 0) is 24.5 Å². The van der Waals surface area contributed by atoms with Crippen LogP contribution in [0.2, 0.25) is 0 Å². The summed E-state index contributed by atoms with van der Waals surface area (Å²) in [5, 5.41) is 14.1. The topological polar surface area (TPSA) is 116 Å². The molecule has 0 fully saturated rings. The van der Waals surface area contributed by atoms with Gasteiger partial charge in [-0.15, -0.1) is 0 Å². The van der Waals surface area contributed by atoms with E-state index in [1.54, 1.807) is 18.5 Å². The zero-order valence-corrected chi connectivity index (χ0v) is 12.7. The van der Waals surface area contributed by atoms with E-state index in [4.69, 9.17) is 10.5 Å². The summed E-state index contributed by atoms with van der Waals surface area (Å²) in [7, 11) is 0. The van der Waals surface area contributed by atoms with Crippen molar-refractivity contribution in [2.75, 3.05) is 0 Å². The van der Waals surface area contributed by atoms with Gasteiger partial charge in [0.15, 0.2) is 0 Å². The Morgan fingerprint density at radius 1 is 1.17 bits per heavy atom. The number of rotatable bonds is 5. The summed E-state index contributed by atoms with van der Waals surface area (Å²) in [5.74, 6) is -0.413. The maximum Gasteiger partial charge on any atom is 0.410 e. The van der Waals surface area contributed by atoms with Crippen LogP contribution in [0.3, 0.4) is 0 Å². The average molecular weight is 325 g/mol. The van der Waals surface area contributed by atoms with E-state index in [2.05, 4.69) is 15.1 Å². The van der Waals surface area contributed by atoms with Gasteiger partial charge in [-0.25, -0.2) is 14.5 Å². The van der Waals surface area contributed by atoms with E-state index in [0.717, 1.165) is 5.56 Å². The Hall–Kier alpha value is -3.42. The highest BCUT2D eigenvalue weighted by molar-refractivity contribution is 5.69. The number of carbonyl (C=O) groups excluding carboxylic acids is 1. The summed E-state index contributed by atoms with van der Waals surface area (Å²) in [6, 6.07) is 11.5. The van der Waals surface area contributed by atoms with Crippen molar-refractivity contribution < 1.29 is 14.6 Å². The van der Waals surface area contributed by atoms with Gasteiger partial charge in [-0.3, -0.25) is 0 Å². The van der Waals surface area contributed by atoms with Crippen molar-refractivity contribution in [3.05, 3.63) is 60.0 Å². The van der Waals surface area contributed by atoms with E-state index in [9.17, 15) is 9.90 Å². The number of aromatic hydroxyl groups is 1. The molecule has 8 nitrogen and oxygen atoms in total. The molecule has 0 aliphatic heterocycles. The molecule has 0 bridgehead atoms. The monoisotopic (exact) mass is 325 g/mol. The number of nitrogens with zero attached hydrogens (tertiary/aromatic N) is 4. The summed E-state index contributed by atoms with van der Waals surface area (Å²) < 4.78 is 6.27.